The number of carbonyl (C=O) groups excluding carboxylic acids is 1. The Bertz CT molecular complexity index is 1120. The van der Waals surface area contributed by atoms with E-state index in [2.05, 4.69) is 25.4 Å². The third-order valence-electron chi connectivity index (χ3n) is 4.28. The van der Waals surface area contributed by atoms with Gasteiger partial charge < -0.3 is 9.84 Å². The number of pyridine rings is 1. The van der Waals surface area contributed by atoms with E-state index in [1.54, 1.807) is 24.5 Å². The second kappa shape index (κ2) is 8.32. The SMILES string of the molecule is CC(C)C(NC(=O)/C=C/c1nc2ccccc2s1)c1nc(-c2cccnc2)no1. The summed E-state index contributed by atoms with van der Waals surface area (Å²) in [5.74, 6) is 0.625. The molecule has 146 valence electrons. The molecule has 0 fully saturated rings. The van der Waals surface area contributed by atoms with Crippen LogP contribution in [0.3, 0.4) is 0 Å². The zero-order valence-electron chi connectivity index (χ0n) is 15.9. The van der Waals surface area contributed by atoms with E-state index in [9.17, 15) is 4.79 Å². The van der Waals surface area contributed by atoms with Crippen LogP contribution in [0.2, 0.25) is 0 Å². The minimum atomic E-state index is -0.402. The molecule has 4 aromatic rings. The number of nitrogens with zero attached hydrogens (tertiary/aromatic N) is 4. The maximum atomic E-state index is 12.5. The van der Waals surface area contributed by atoms with Crippen LogP contribution in [0.1, 0.15) is 30.8 Å². The molecule has 1 amide bonds. The molecule has 4 rings (SSSR count). The number of hydrogen-bond acceptors (Lipinski definition) is 7. The summed E-state index contributed by atoms with van der Waals surface area (Å²) < 4.78 is 6.49. The van der Waals surface area contributed by atoms with Crippen molar-refractivity contribution in [3.63, 3.8) is 0 Å². The van der Waals surface area contributed by atoms with Crippen molar-refractivity contribution in [1.82, 2.24) is 25.4 Å². The van der Waals surface area contributed by atoms with Gasteiger partial charge in [-0.3, -0.25) is 9.78 Å². The van der Waals surface area contributed by atoms with Gasteiger partial charge in [0.1, 0.15) is 11.0 Å². The first-order valence-corrected chi connectivity index (χ1v) is 10.00. The van der Waals surface area contributed by atoms with Crippen LogP contribution in [-0.4, -0.2) is 26.0 Å². The zero-order chi connectivity index (χ0) is 20.2. The van der Waals surface area contributed by atoms with Crippen LogP contribution in [0.5, 0.6) is 0 Å². The molecule has 3 aromatic heterocycles. The average molecular weight is 405 g/mol. The van der Waals surface area contributed by atoms with Crippen LogP contribution in [-0.2, 0) is 4.79 Å². The first-order valence-electron chi connectivity index (χ1n) is 9.18. The molecule has 0 bridgehead atoms. The molecule has 3 heterocycles. The summed E-state index contributed by atoms with van der Waals surface area (Å²) in [7, 11) is 0. The van der Waals surface area contributed by atoms with Gasteiger partial charge in [-0.05, 0) is 36.3 Å². The minimum Gasteiger partial charge on any atom is -0.340 e. The second-order valence-electron chi connectivity index (χ2n) is 6.78. The first kappa shape index (κ1) is 18.9. The van der Waals surface area contributed by atoms with Crippen LogP contribution in [0, 0.1) is 5.92 Å². The van der Waals surface area contributed by atoms with E-state index in [0.29, 0.717) is 11.7 Å². The molecule has 1 N–H and O–H groups in total. The summed E-state index contributed by atoms with van der Waals surface area (Å²) in [4.78, 5) is 25.5. The van der Waals surface area contributed by atoms with Crippen molar-refractivity contribution in [2.75, 3.05) is 0 Å². The quantitative estimate of drug-likeness (QED) is 0.482. The Morgan fingerprint density at radius 2 is 2.03 bits per heavy atom. The third-order valence-corrected chi connectivity index (χ3v) is 5.28. The van der Waals surface area contributed by atoms with Crippen molar-refractivity contribution in [3.8, 4) is 11.4 Å². The Hall–Kier alpha value is -3.39. The number of amides is 1. The topological polar surface area (TPSA) is 93.8 Å². The van der Waals surface area contributed by atoms with E-state index < -0.39 is 6.04 Å². The number of nitrogens with one attached hydrogen (secondary N) is 1. The van der Waals surface area contributed by atoms with Gasteiger partial charge in [0.15, 0.2) is 0 Å². The second-order valence-corrected chi connectivity index (χ2v) is 7.84. The summed E-state index contributed by atoms with van der Waals surface area (Å²) in [6.07, 6.45) is 6.54. The fourth-order valence-electron chi connectivity index (χ4n) is 2.80. The molecule has 0 spiro atoms. The van der Waals surface area contributed by atoms with Crippen LogP contribution >= 0.6 is 11.3 Å². The number of para-hydroxylation sites is 1. The van der Waals surface area contributed by atoms with E-state index in [1.807, 2.05) is 44.2 Å². The lowest BCUT2D eigenvalue weighted by molar-refractivity contribution is -0.117. The highest BCUT2D eigenvalue weighted by atomic mass is 32.1. The van der Waals surface area contributed by atoms with Crippen molar-refractivity contribution in [3.05, 3.63) is 65.8 Å². The molecule has 7 nitrogen and oxygen atoms in total. The van der Waals surface area contributed by atoms with Gasteiger partial charge in [0, 0.05) is 24.0 Å². The monoisotopic (exact) mass is 405 g/mol. The number of rotatable bonds is 6. The van der Waals surface area contributed by atoms with Crippen LogP contribution in [0.25, 0.3) is 27.7 Å². The predicted molar refractivity (Wildman–Crippen MR) is 112 cm³/mol. The molecule has 0 radical (unpaired) electrons. The average Bonchev–Trinajstić information content (AvgIpc) is 3.38. The Balaban J connectivity index is 1.48. The molecular weight excluding hydrogens is 386 g/mol. The summed E-state index contributed by atoms with van der Waals surface area (Å²) in [6, 6.07) is 11.1. The third kappa shape index (κ3) is 4.38. The molecule has 0 saturated carbocycles. The first-order chi connectivity index (χ1) is 14.1. The molecular formula is C21H19N5O2S. The summed E-state index contributed by atoms with van der Waals surface area (Å²) in [5.41, 5.74) is 1.68. The number of carbonyl (C=O) groups is 1. The highest BCUT2D eigenvalue weighted by Crippen LogP contribution is 2.24. The lowest BCUT2D eigenvalue weighted by Crippen LogP contribution is -2.30. The summed E-state index contributed by atoms with van der Waals surface area (Å²) in [6.45, 7) is 3.96. The maximum Gasteiger partial charge on any atom is 0.249 e. The Kier molecular flexibility index (Phi) is 5.44. The Morgan fingerprint density at radius 3 is 2.79 bits per heavy atom. The van der Waals surface area contributed by atoms with Crippen molar-refractivity contribution in [2.45, 2.75) is 19.9 Å². The molecule has 0 aliphatic heterocycles. The standard InChI is InChI=1S/C21H19N5O2S/c1-13(2)19(21-25-20(26-28-21)14-6-5-11-22-12-14)24-17(27)9-10-18-23-15-7-3-4-8-16(15)29-18/h3-13,19H,1-2H3,(H,24,27)/b10-9+. The number of fused-ring (bicyclic) bond motifs is 1. The van der Waals surface area contributed by atoms with Gasteiger partial charge >= 0.3 is 0 Å². The summed E-state index contributed by atoms with van der Waals surface area (Å²) in [5, 5.41) is 7.73. The Labute approximate surface area is 171 Å². The zero-order valence-corrected chi connectivity index (χ0v) is 16.8. The van der Waals surface area contributed by atoms with E-state index in [1.165, 1.54) is 17.4 Å². The van der Waals surface area contributed by atoms with E-state index in [4.69, 9.17) is 4.52 Å². The molecule has 1 atom stereocenters. The molecule has 8 heteroatoms. The maximum absolute atomic E-state index is 12.5. The molecule has 29 heavy (non-hydrogen) atoms. The van der Waals surface area contributed by atoms with E-state index >= 15 is 0 Å². The molecule has 0 aliphatic rings. The molecule has 1 unspecified atom stereocenters. The molecule has 0 saturated heterocycles. The van der Waals surface area contributed by atoms with Gasteiger partial charge in [0.25, 0.3) is 0 Å². The normalized spacial score (nSPS) is 12.7. The smallest absolute Gasteiger partial charge is 0.249 e. The molecule has 0 aliphatic carbocycles. The van der Waals surface area contributed by atoms with Gasteiger partial charge in [0.05, 0.1) is 10.2 Å². The fraction of sp³-hybridized carbons (Fsp3) is 0.190. The van der Waals surface area contributed by atoms with E-state index in [-0.39, 0.29) is 11.8 Å². The van der Waals surface area contributed by atoms with Crippen LogP contribution in [0.4, 0.5) is 0 Å². The highest BCUT2D eigenvalue weighted by molar-refractivity contribution is 7.19. The van der Waals surface area contributed by atoms with Crippen molar-refractivity contribution < 1.29 is 9.32 Å². The summed E-state index contributed by atoms with van der Waals surface area (Å²) >= 11 is 1.54. The van der Waals surface area contributed by atoms with Gasteiger partial charge in [-0.1, -0.05) is 31.1 Å². The van der Waals surface area contributed by atoms with Crippen LogP contribution in [0.15, 0.2) is 59.4 Å². The lowest BCUT2D eigenvalue weighted by Gasteiger charge is -2.17. The minimum absolute atomic E-state index is 0.0667. The number of hydrogen-bond donors (Lipinski definition) is 1. The molecule has 1 aromatic carbocycles. The highest BCUT2D eigenvalue weighted by Gasteiger charge is 2.24. The number of aromatic nitrogens is 4. The van der Waals surface area contributed by atoms with E-state index in [0.717, 1.165) is 20.8 Å². The Morgan fingerprint density at radius 1 is 1.17 bits per heavy atom. The van der Waals surface area contributed by atoms with Gasteiger partial charge in [0.2, 0.25) is 17.6 Å². The van der Waals surface area contributed by atoms with Crippen LogP contribution < -0.4 is 5.32 Å². The fourth-order valence-corrected chi connectivity index (χ4v) is 3.67. The number of thiazole rings is 1. The van der Waals surface area contributed by atoms with Gasteiger partial charge in [-0.2, -0.15) is 4.98 Å². The lowest BCUT2D eigenvalue weighted by atomic mass is 10.0. The van der Waals surface area contributed by atoms with Gasteiger partial charge in [-0.25, -0.2) is 4.98 Å². The largest absolute Gasteiger partial charge is 0.340 e. The van der Waals surface area contributed by atoms with Crippen molar-refractivity contribution >= 4 is 33.5 Å². The van der Waals surface area contributed by atoms with Crippen molar-refractivity contribution in [2.24, 2.45) is 5.92 Å². The number of benzene rings is 1. The van der Waals surface area contributed by atoms with Gasteiger partial charge in [-0.15, -0.1) is 11.3 Å². The van der Waals surface area contributed by atoms with Crippen molar-refractivity contribution in [1.29, 1.82) is 0 Å². The predicted octanol–water partition coefficient (Wildman–Crippen LogP) is 4.27.